The van der Waals surface area contributed by atoms with E-state index in [1.165, 1.54) is 50.5 Å². The van der Waals surface area contributed by atoms with E-state index >= 15 is 0 Å². The first-order valence-electron chi connectivity index (χ1n) is 12.9. The number of hydrogen-bond acceptors (Lipinski definition) is 2. The zero-order chi connectivity index (χ0) is 22.1. The maximum absolute atomic E-state index is 5.86. The first kappa shape index (κ1) is 21.7. The molecule has 2 nitrogen and oxygen atoms in total. The smallest absolute Gasteiger partial charge is 0.119 e. The molecule has 4 saturated carbocycles. The quantitative estimate of drug-likeness (QED) is 0.307. The van der Waals surface area contributed by atoms with E-state index in [9.17, 15) is 0 Å². The molecule has 0 amide bonds. The van der Waals surface area contributed by atoms with Gasteiger partial charge in [-0.25, -0.2) is 0 Å². The van der Waals surface area contributed by atoms with Crippen molar-refractivity contribution in [1.82, 2.24) is 0 Å². The van der Waals surface area contributed by atoms with Crippen LogP contribution in [0.15, 0.2) is 47.5 Å². The summed E-state index contributed by atoms with van der Waals surface area (Å²) in [6, 6.07) is 15.4. The first-order chi connectivity index (χ1) is 15.5. The van der Waals surface area contributed by atoms with Crippen molar-refractivity contribution in [2.45, 2.75) is 77.6 Å². The summed E-state index contributed by atoms with van der Waals surface area (Å²) in [4.78, 5) is 4.82. The topological polar surface area (TPSA) is 21.6 Å². The second kappa shape index (κ2) is 9.04. The van der Waals surface area contributed by atoms with E-state index in [-0.39, 0.29) is 0 Å². The Labute approximate surface area is 194 Å². The van der Waals surface area contributed by atoms with Crippen molar-refractivity contribution in [1.29, 1.82) is 0 Å². The lowest BCUT2D eigenvalue weighted by Crippen LogP contribution is -2.48. The second-order valence-electron chi connectivity index (χ2n) is 11.4. The molecule has 0 radical (unpaired) electrons. The van der Waals surface area contributed by atoms with Crippen molar-refractivity contribution >= 4 is 11.9 Å². The summed E-state index contributed by atoms with van der Waals surface area (Å²) >= 11 is 0. The van der Waals surface area contributed by atoms with Crippen LogP contribution in [-0.4, -0.2) is 12.8 Å². The van der Waals surface area contributed by atoms with Crippen LogP contribution in [0, 0.1) is 30.6 Å². The normalized spacial score (nSPS) is 28.7. The fraction of sp³-hybridized carbons (Fsp3) is 0.567. The third kappa shape index (κ3) is 4.65. The average molecular weight is 430 g/mol. The summed E-state index contributed by atoms with van der Waals surface area (Å²) in [5.41, 5.74) is 5.57. The number of nitrogens with zero attached hydrogens (tertiary/aromatic N) is 1. The van der Waals surface area contributed by atoms with Crippen molar-refractivity contribution in [2.24, 2.45) is 28.7 Å². The second-order valence-corrected chi connectivity index (χ2v) is 11.4. The van der Waals surface area contributed by atoms with Crippen LogP contribution in [0.4, 0.5) is 5.69 Å². The van der Waals surface area contributed by atoms with Gasteiger partial charge in [0.05, 0.1) is 12.3 Å². The van der Waals surface area contributed by atoms with Crippen LogP contribution < -0.4 is 4.74 Å². The van der Waals surface area contributed by atoms with Gasteiger partial charge in [0.15, 0.2) is 0 Å². The molecule has 0 spiro atoms. The monoisotopic (exact) mass is 429 g/mol. The van der Waals surface area contributed by atoms with E-state index < -0.39 is 0 Å². The third-order valence-corrected chi connectivity index (χ3v) is 8.27. The number of aliphatic imine (C=N–C) groups is 1. The van der Waals surface area contributed by atoms with Gasteiger partial charge in [-0.1, -0.05) is 26.0 Å². The molecule has 2 aromatic carbocycles. The standard InChI is InChI=1S/C30H39NO/c1-21(2)5-4-12-32-28-9-6-23(7-10-28)20-31-29-11-8-27(13-22(29)3)30-17-24-14-25(18-30)16-26(15-24)19-30/h6-11,13,20-21,24-26H,4-5,12,14-19H2,1-3H3. The Morgan fingerprint density at radius 1 is 0.969 bits per heavy atom. The molecule has 0 saturated heterocycles. The van der Waals surface area contributed by atoms with Crippen molar-refractivity contribution < 1.29 is 4.74 Å². The van der Waals surface area contributed by atoms with E-state index in [0.29, 0.717) is 5.41 Å². The van der Waals surface area contributed by atoms with Gasteiger partial charge in [0.25, 0.3) is 0 Å². The molecule has 4 aliphatic carbocycles. The van der Waals surface area contributed by atoms with Crippen LogP contribution in [0.25, 0.3) is 0 Å². The highest BCUT2D eigenvalue weighted by Gasteiger charge is 2.51. The predicted octanol–water partition coefficient (Wildman–Crippen LogP) is 8.03. The summed E-state index contributed by atoms with van der Waals surface area (Å²) in [6.45, 7) is 7.53. The van der Waals surface area contributed by atoms with Crippen molar-refractivity contribution in [3.05, 3.63) is 59.2 Å². The summed E-state index contributed by atoms with van der Waals surface area (Å²) in [5.74, 6) is 4.65. The van der Waals surface area contributed by atoms with Crippen molar-refractivity contribution in [3.63, 3.8) is 0 Å². The number of benzene rings is 2. The summed E-state index contributed by atoms with van der Waals surface area (Å²) in [5, 5.41) is 0. The Balaban J connectivity index is 1.23. The maximum atomic E-state index is 5.86. The van der Waals surface area contributed by atoms with Gasteiger partial charge >= 0.3 is 0 Å². The van der Waals surface area contributed by atoms with Gasteiger partial charge in [-0.15, -0.1) is 0 Å². The molecule has 0 N–H and O–H groups in total. The van der Waals surface area contributed by atoms with E-state index in [1.807, 2.05) is 6.21 Å². The Morgan fingerprint density at radius 3 is 2.22 bits per heavy atom. The molecule has 4 fully saturated rings. The van der Waals surface area contributed by atoms with Gasteiger partial charge in [0.2, 0.25) is 0 Å². The molecule has 32 heavy (non-hydrogen) atoms. The maximum Gasteiger partial charge on any atom is 0.119 e. The molecule has 0 unspecified atom stereocenters. The zero-order valence-corrected chi connectivity index (χ0v) is 20.1. The summed E-state index contributed by atoms with van der Waals surface area (Å²) in [6.07, 6.45) is 13.1. The molecule has 4 bridgehead atoms. The van der Waals surface area contributed by atoms with Crippen LogP contribution in [0.1, 0.15) is 81.9 Å². The SMILES string of the molecule is Cc1cc(C23CC4CC(CC(C4)C2)C3)ccc1N=Cc1ccc(OCCCC(C)C)cc1. The highest BCUT2D eigenvalue weighted by Crippen LogP contribution is 2.60. The van der Waals surface area contributed by atoms with Crippen LogP contribution in [0.2, 0.25) is 0 Å². The van der Waals surface area contributed by atoms with E-state index in [4.69, 9.17) is 9.73 Å². The van der Waals surface area contributed by atoms with Gasteiger partial charge < -0.3 is 4.74 Å². The molecule has 170 valence electrons. The summed E-state index contributed by atoms with van der Waals surface area (Å²) < 4.78 is 5.86. The minimum atomic E-state index is 0.465. The molecule has 2 aromatic rings. The lowest BCUT2D eigenvalue weighted by molar-refractivity contribution is -0.00520. The Hall–Kier alpha value is -2.09. The molecule has 4 aliphatic rings. The van der Waals surface area contributed by atoms with Crippen LogP contribution in [-0.2, 0) is 5.41 Å². The van der Waals surface area contributed by atoms with Crippen LogP contribution >= 0.6 is 0 Å². The predicted molar refractivity (Wildman–Crippen MR) is 134 cm³/mol. The minimum Gasteiger partial charge on any atom is -0.494 e. The van der Waals surface area contributed by atoms with E-state index in [0.717, 1.165) is 53.7 Å². The zero-order valence-electron chi connectivity index (χ0n) is 20.1. The highest BCUT2D eigenvalue weighted by atomic mass is 16.5. The number of ether oxygens (including phenoxy) is 1. The Morgan fingerprint density at radius 2 is 1.62 bits per heavy atom. The van der Waals surface area contributed by atoms with Crippen LogP contribution in [0.5, 0.6) is 5.75 Å². The third-order valence-electron chi connectivity index (χ3n) is 8.27. The lowest BCUT2D eigenvalue weighted by atomic mass is 9.48. The Kier molecular flexibility index (Phi) is 6.14. The molecular formula is C30H39NO. The van der Waals surface area contributed by atoms with Crippen molar-refractivity contribution in [2.75, 3.05) is 6.61 Å². The number of rotatable bonds is 8. The largest absolute Gasteiger partial charge is 0.494 e. The van der Waals surface area contributed by atoms with Gasteiger partial charge in [-0.2, -0.15) is 0 Å². The van der Waals surface area contributed by atoms with Gasteiger partial charge in [-0.05, 0) is 134 Å². The molecule has 6 rings (SSSR count). The average Bonchev–Trinajstić information content (AvgIpc) is 2.75. The van der Waals surface area contributed by atoms with Crippen molar-refractivity contribution in [3.8, 4) is 5.75 Å². The highest BCUT2D eigenvalue weighted by molar-refractivity contribution is 5.82. The molecule has 0 heterocycles. The van der Waals surface area contributed by atoms with Crippen LogP contribution in [0.3, 0.4) is 0 Å². The number of aryl methyl sites for hydroxylation is 1. The number of hydrogen-bond donors (Lipinski definition) is 0. The Bertz CT molecular complexity index is 920. The van der Waals surface area contributed by atoms with Gasteiger partial charge in [0, 0.05) is 6.21 Å². The molecule has 2 heteroatoms. The van der Waals surface area contributed by atoms with Gasteiger partial charge in [0.1, 0.15) is 5.75 Å². The fourth-order valence-electron chi connectivity index (χ4n) is 7.07. The molecule has 0 atom stereocenters. The molecule has 0 aliphatic heterocycles. The lowest BCUT2D eigenvalue weighted by Gasteiger charge is -2.57. The first-order valence-corrected chi connectivity index (χ1v) is 12.9. The van der Waals surface area contributed by atoms with Gasteiger partial charge in [-0.3, -0.25) is 4.99 Å². The summed E-state index contributed by atoms with van der Waals surface area (Å²) in [7, 11) is 0. The minimum absolute atomic E-state index is 0.465. The molecular weight excluding hydrogens is 390 g/mol. The fourth-order valence-corrected chi connectivity index (χ4v) is 7.07. The molecule has 0 aromatic heterocycles. The van der Waals surface area contributed by atoms with E-state index in [1.54, 1.807) is 5.56 Å². The van der Waals surface area contributed by atoms with E-state index in [2.05, 4.69) is 63.2 Å².